The molecule has 0 N–H and O–H groups in total. The van der Waals surface area contributed by atoms with Crippen molar-refractivity contribution < 1.29 is 9.53 Å². The summed E-state index contributed by atoms with van der Waals surface area (Å²) in [5.74, 6) is 0.119. The summed E-state index contributed by atoms with van der Waals surface area (Å²) >= 11 is 0. The van der Waals surface area contributed by atoms with E-state index in [-0.39, 0.29) is 5.91 Å². The van der Waals surface area contributed by atoms with E-state index in [1.54, 1.807) is 0 Å². The summed E-state index contributed by atoms with van der Waals surface area (Å²) < 4.78 is 7.32. The molecule has 6 nitrogen and oxygen atoms in total. The SMILES string of the molecule is Cc1nn(C)c(C)c1CN(C(=O)c1ccc(N2CCOCC2)cc1)C1CC1. The highest BCUT2D eigenvalue weighted by atomic mass is 16.5. The molecule has 1 saturated heterocycles. The first-order valence-corrected chi connectivity index (χ1v) is 9.77. The van der Waals surface area contributed by atoms with Crippen molar-refractivity contribution >= 4 is 11.6 Å². The zero-order chi connectivity index (χ0) is 19.0. The average molecular weight is 368 g/mol. The van der Waals surface area contributed by atoms with Crippen molar-refractivity contribution in [3.63, 3.8) is 0 Å². The summed E-state index contributed by atoms with van der Waals surface area (Å²) in [7, 11) is 1.96. The number of benzene rings is 1. The summed E-state index contributed by atoms with van der Waals surface area (Å²) in [4.78, 5) is 17.5. The van der Waals surface area contributed by atoms with E-state index in [4.69, 9.17) is 4.74 Å². The fraction of sp³-hybridized carbons (Fsp3) is 0.524. The number of morpholine rings is 1. The smallest absolute Gasteiger partial charge is 0.254 e. The average Bonchev–Trinajstić information content (AvgIpc) is 3.50. The predicted molar refractivity (Wildman–Crippen MR) is 105 cm³/mol. The Morgan fingerprint density at radius 3 is 2.41 bits per heavy atom. The van der Waals surface area contributed by atoms with Gasteiger partial charge in [0.15, 0.2) is 0 Å². The third-order valence-electron chi connectivity index (χ3n) is 5.73. The molecule has 4 rings (SSSR count). The molecule has 27 heavy (non-hydrogen) atoms. The largest absolute Gasteiger partial charge is 0.378 e. The van der Waals surface area contributed by atoms with E-state index in [1.807, 2.05) is 35.7 Å². The number of nitrogens with zero attached hydrogens (tertiary/aromatic N) is 4. The van der Waals surface area contributed by atoms with E-state index in [0.29, 0.717) is 12.6 Å². The number of hydrogen-bond acceptors (Lipinski definition) is 4. The lowest BCUT2D eigenvalue weighted by Crippen LogP contribution is -2.36. The van der Waals surface area contributed by atoms with Gasteiger partial charge in [-0.3, -0.25) is 9.48 Å². The Hall–Kier alpha value is -2.34. The van der Waals surface area contributed by atoms with Crippen LogP contribution < -0.4 is 4.90 Å². The highest BCUT2D eigenvalue weighted by molar-refractivity contribution is 5.95. The highest BCUT2D eigenvalue weighted by Gasteiger charge is 2.34. The third-order valence-corrected chi connectivity index (χ3v) is 5.73. The minimum absolute atomic E-state index is 0.119. The lowest BCUT2D eigenvalue weighted by molar-refractivity contribution is 0.0729. The molecule has 6 heteroatoms. The van der Waals surface area contributed by atoms with E-state index in [0.717, 1.165) is 61.8 Å². The molecular formula is C21H28N4O2. The fourth-order valence-corrected chi connectivity index (χ4v) is 3.77. The van der Waals surface area contributed by atoms with Gasteiger partial charge in [0.2, 0.25) is 0 Å². The molecule has 2 aliphatic rings. The molecule has 0 bridgehead atoms. The Labute approximate surface area is 160 Å². The van der Waals surface area contributed by atoms with Gasteiger partial charge >= 0.3 is 0 Å². The lowest BCUT2D eigenvalue weighted by atomic mass is 10.1. The van der Waals surface area contributed by atoms with Gasteiger partial charge < -0.3 is 14.5 Å². The number of ether oxygens (including phenoxy) is 1. The molecule has 0 radical (unpaired) electrons. The number of rotatable bonds is 5. The molecule has 1 aromatic heterocycles. The van der Waals surface area contributed by atoms with Gasteiger partial charge in [-0.1, -0.05) is 0 Å². The molecule has 1 saturated carbocycles. The number of hydrogen-bond donors (Lipinski definition) is 0. The molecular weight excluding hydrogens is 340 g/mol. The van der Waals surface area contributed by atoms with Gasteiger partial charge in [-0.2, -0.15) is 5.10 Å². The van der Waals surface area contributed by atoms with Crippen molar-refractivity contribution in [2.45, 2.75) is 39.3 Å². The fourth-order valence-electron chi connectivity index (χ4n) is 3.77. The third kappa shape index (κ3) is 3.72. The zero-order valence-corrected chi connectivity index (χ0v) is 16.4. The number of aryl methyl sites for hydroxylation is 2. The number of anilines is 1. The molecule has 1 amide bonds. The second-order valence-electron chi connectivity index (χ2n) is 7.58. The zero-order valence-electron chi connectivity index (χ0n) is 16.4. The van der Waals surface area contributed by atoms with Crippen LogP contribution in [0.3, 0.4) is 0 Å². The Balaban J connectivity index is 1.52. The van der Waals surface area contributed by atoms with E-state index in [2.05, 4.69) is 29.1 Å². The summed E-state index contributed by atoms with van der Waals surface area (Å²) in [6, 6.07) is 8.40. The van der Waals surface area contributed by atoms with Crippen molar-refractivity contribution in [1.29, 1.82) is 0 Å². The molecule has 1 aliphatic carbocycles. The Kier molecular flexibility index (Phi) is 4.91. The van der Waals surface area contributed by atoms with Gasteiger partial charge in [-0.25, -0.2) is 0 Å². The molecule has 144 valence electrons. The van der Waals surface area contributed by atoms with Crippen LogP contribution in [0.5, 0.6) is 0 Å². The van der Waals surface area contributed by atoms with Crippen LogP contribution in [0.15, 0.2) is 24.3 Å². The van der Waals surface area contributed by atoms with Gasteiger partial charge in [0.1, 0.15) is 0 Å². The minimum Gasteiger partial charge on any atom is -0.378 e. The van der Waals surface area contributed by atoms with Gasteiger partial charge in [0.25, 0.3) is 5.91 Å². The molecule has 2 heterocycles. The van der Waals surface area contributed by atoms with Crippen molar-refractivity contribution in [3.05, 3.63) is 46.8 Å². The normalized spacial score (nSPS) is 17.2. The van der Waals surface area contributed by atoms with Crippen LogP contribution in [-0.2, 0) is 18.3 Å². The van der Waals surface area contributed by atoms with Crippen LogP contribution in [0, 0.1) is 13.8 Å². The summed E-state index contributed by atoms with van der Waals surface area (Å²) in [5.41, 5.74) is 5.23. The predicted octanol–water partition coefficient (Wildman–Crippen LogP) is 2.68. The van der Waals surface area contributed by atoms with Crippen LogP contribution in [0.1, 0.15) is 40.2 Å². The van der Waals surface area contributed by atoms with Crippen LogP contribution in [-0.4, -0.2) is 52.9 Å². The van der Waals surface area contributed by atoms with Crippen LogP contribution >= 0.6 is 0 Å². The quantitative estimate of drug-likeness (QED) is 0.814. The Morgan fingerprint density at radius 2 is 1.85 bits per heavy atom. The minimum atomic E-state index is 0.119. The van der Waals surface area contributed by atoms with E-state index in [9.17, 15) is 4.79 Å². The maximum atomic E-state index is 13.2. The summed E-state index contributed by atoms with van der Waals surface area (Å²) in [5, 5.41) is 4.50. The van der Waals surface area contributed by atoms with Gasteiger partial charge in [-0.15, -0.1) is 0 Å². The second-order valence-corrected chi connectivity index (χ2v) is 7.58. The van der Waals surface area contributed by atoms with Crippen molar-refractivity contribution in [1.82, 2.24) is 14.7 Å². The Bertz CT molecular complexity index is 817. The molecule has 2 fully saturated rings. The van der Waals surface area contributed by atoms with Crippen LogP contribution in [0.2, 0.25) is 0 Å². The summed E-state index contributed by atoms with van der Waals surface area (Å²) in [6.07, 6.45) is 2.19. The molecule has 1 aliphatic heterocycles. The lowest BCUT2D eigenvalue weighted by Gasteiger charge is -2.29. The van der Waals surface area contributed by atoms with Gasteiger partial charge in [0, 0.05) is 55.2 Å². The van der Waals surface area contributed by atoms with Crippen molar-refractivity contribution in [2.24, 2.45) is 7.05 Å². The number of amides is 1. The van der Waals surface area contributed by atoms with Gasteiger partial charge in [-0.05, 0) is 51.0 Å². The highest BCUT2D eigenvalue weighted by Crippen LogP contribution is 2.31. The first-order chi connectivity index (χ1) is 13.0. The van der Waals surface area contributed by atoms with Crippen LogP contribution in [0.4, 0.5) is 5.69 Å². The molecule has 0 atom stereocenters. The molecule has 1 aromatic carbocycles. The number of carbonyl (C=O) groups is 1. The first-order valence-electron chi connectivity index (χ1n) is 9.77. The van der Waals surface area contributed by atoms with E-state index >= 15 is 0 Å². The topological polar surface area (TPSA) is 50.6 Å². The number of carbonyl (C=O) groups excluding carboxylic acids is 1. The standard InChI is InChI=1S/C21H28N4O2/c1-15-20(16(2)23(3)22-15)14-25(19-8-9-19)21(26)17-4-6-18(7-5-17)24-10-12-27-13-11-24/h4-7,19H,8-14H2,1-3H3. The van der Waals surface area contributed by atoms with Gasteiger partial charge in [0.05, 0.1) is 18.9 Å². The summed E-state index contributed by atoms with van der Waals surface area (Å²) in [6.45, 7) is 8.07. The molecule has 0 unspecified atom stereocenters. The van der Waals surface area contributed by atoms with E-state index < -0.39 is 0 Å². The van der Waals surface area contributed by atoms with Crippen LogP contribution in [0.25, 0.3) is 0 Å². The van der Waals surface area contributed by atoms with Crippen molar-refractivity contribution in [3.8, 4) is 0 Å². The first kappa shape index (κ1) is 18.0. The molecule has 0 spiro atoms. The number of aromatic nitrogens is 2. The second kappa shape index (κ2) is 7.35. The Morgan fingerprint density at radius 1 is 1.19 bits per heavy atom. The maximum Gasteiger partial charge on any atom is 0.254 e. The van der Waals surface area contributed by atoms with E-state index in [1.165, 1.54) is 5.56 Å². The monoisotopic (exact) mass is 368 g/mol. The molecule has 2 aromatic rings. The van der Waals surface area contributed by atoms with Crippen molar-refractivity contribution in [2.75, 3.05) is 31.2 Å². The maximum absolute atomic E-state index is 13.2.